The second-order valence-electron chi connectivity index (χ2n) is 6.87. The third-order valence-corrected chi connectivity index (χ3v) is 3.00. The molecule has 0 aliphatic rings. The van der Waals surface area contributed by atoms with Gasteiger partial charge in [0.1, 0.15) is 0 Å². The van der Waals surface area contributed by atoms with Crippen LogP contribution in [0.1, 0.15) is 54.9 Å². The molecule has 0 bridgehead atoms. The van der Waals surface area contributed by atoms with E-state index in [9.17, 15) is 0 Å². The summed E-state index contributed by atoms with van der Waals surface area (Å²) in [5, 5.41) is 0. The van der Waals surface area contributed by atoms with Crippen molar-refractivity contribution in [2.45, 2.75) is 59.0 Å². The second kappa shape index (κ2) is 3.39. The van der Waals surface area contributed by atoms with E-state index in [2.05, 4.69) is 66.2 Å². The number of hydrogen-bond acceptors (Lipinski definition) is 0. The summed E-state index contributed by atoms with van der Waals surface area (Å²) in [6, 6.07) is 0. The summed E-state index contributed by atoms with van der Waals surface area (Å²) in [6.07, 6.45) is 1.28. The first kappa shape index (κ1) is 12.6. The molecule has 0 nitrogen and oxygen atoms in total. The van der Waals surface area contributed by atoms with Gasteiger partial charge in [0.2, 0.25) is 0 Å². The first-order valence-corrected chi connectivity index (χ1v) is 4.96. The molecule has 68 valence electrons. The van der Waals surface area contributed by atoms with E-state index in [1.54, 1.807) is 0 Å². The van der Waals surface area contributed by atoms with Crippen LogP contribution in [-0.2, 0) is 0 Å². The summed E-state index contributed by atoms with van der Waals surface area (Å²) >= 11 is 2.37. The third kappa shape index (κ3) is 4.01. The fourth-order valence-corrected chi connectivity index (χ4v) is 1.59. The third-order valence-electron chi connectivity index (χ3n) is 3.00. The predicted octanol–water partition coefficient (Wildman–Crippen LogP) is 3.82. The Morgan fingerprint density at radius 2 is 1.17 bits per heavy atom. The topological polar surface area (TPSA) is 0 Å². The van der Waals surface area contributed by atoms with Gasteiger partial charge in [0.15, 0.2) is 0 Å². The molecule has 1 heteroatoms. The molecule has 0 aromatic heterocycles. The quantitative estimate of drug-likeness (QED) is 0.514. The summed E-state index contributed by atoms with van der Waals surface area (Å²) in [7, 11) is 0. The van der Waals surface area contributed by atoms with E-state index in [1.165, 1.54) is 6.42 Å². The van der Waals surface area contributed by atoms with Crippen molar-refractivity contribution in [1.82, 2.24) is 0 Å². The van der Waals surface area contributed by atoms with E-state index in [0.29, 0.717) is 14.9 Å². The molecule has 0 spiro atoms. The molecule has 0 radical (unpaired) electrons. The molecule has 0 rings (SSSR count). The van der Waals surface area contributed by atoms with E-state index in [1.807, 2.05) is 0 Å². The molecule has 1 atom stereocenters. The number of rotatable bonds is 1. The molecule has 0 fully saturated rings. The van der Waals surface area contributed by atoms with Crippen LogP contribution in [0.3, 0.4) is 0 Å². The number of hydrogen-bond donors (Lipinski definition) is 0. The summed E-state index contributed by atoms with van der Waals surface area (Å²) in [4.78, 5) is 0. The van der Waals surface area contributed by atoms with Crippen molar-refractivity contribution in [2.24, 2.45) is 10.8 Å². The van der Waals surface area contributed by atoms with Crippen LogP contribution >= 0.6 is 0 Å². The molecular formula is C11H23Li. The van der Waals surface area contributed by atoms with Gasteiger partial charge in [0.05, 0.1) is 0 Å². The Morgan fingerprint density at radius 3 is 1.25 bits per heavy atom. The zero-order valence-corrected chi connectivity index (χ0v) is 10.2. The van der Waals surface area contributed by atoms with E-state index in [4.69, 9.17) is 0 Å². The molecule has 0 aromatic carbocycles. The first-order chi connectivity index (χ1) is 4.96. The molecule has 1 unspecified atom stereocenters. The van der Waals surface area contributed by atoms with Gasteiger partial charge in [-0.2, -0.15) is 0 Å². The SMILES string of the molecule is [Li][C](C)(CC(C)(C)C)C(C)(C)C. The van der Waals surface area contributed by atoms with Crippen LogP contribution in [0.5, 0.6) is 0 Å². The van der Waals surface area contributed by atoms with E-state index >= 15 is 0 Å². The van der Waals surface area contributed by atoms with Gasteiger partial charge in [-0.3, -0.25) is 0 Å². The van der Waals surface area contributed by atoms with Crippen LogP contribution in [-0.4, -0.2) is 17.7 Å². The molecule has 0 aromatic rings. The molecule has 0 saturated carbocycles. The van der Waals surface area contributed by atoms with Gasteiger partial charge in [0, 0.05) is 0 Å². The first-order valence-electron chi connectivity index (χ1n) is 4.96. The van der Waals surface area contributed by atoms with Crippen LogP contribution in [0.25, 0.3) is 0 Å². The van der Waals surface area contributed by atoms with Crippen LogP contribution in [0.4, 0.5) is 0 Å². The van der Waals surface area contributed by atoms with Gasteiger partial charge in [-0.05, 0) is 0 Å². The summed E-state index contributed by atoms with van der Waals surface area (Å²) in [5.41, 5.74) is 0.844. The molecule has 0 heterocycles. The van der Waals surface area contributed by atoms with Gasteiger partial charge in [-0.25, -0.2) is 0 Å². The van der Waals surface area contributed by atoms with Crippen molar-refractivity contribution in [3.63, 3.8) is 0 Å². The van der Waals surface area contributed by atoms with Crippen molar-refractivity contribution in [3.8, 4) is 0 Å². The van der Waals surface area contributed by atoms with Crippen molar-refractivity contribution in [3.05, 3.63) is 0 Å². The molecule has 0 saturated heterocycles. The average molecular weight is 162 g/mol. The van der Waals surface area contributed by atoms with Crippen LogP contribution in [0, 0.1) is 10.8 Å². The minimum atomic E-state index is 0.403. The van der Waals surface area contributed by atoms with Crippen molar-refractivity contribution < 1.29 is 0 Å². The fourth-order valence-electron chi connectivity index (χ4n) is 1.59. The van der Waals surface area contributed by atoms with Gasteiger partial charge in [-0.15, -0.1) is 0 Å². The van der Waals surface area contributed by atoms with Crippen molar-refractivity contribution in [2.75, 3.05) is 0 Å². The van der Waals surface area contributed by atoms with Gasteiger partial charge < -0.3 is 0 Å². The monoisotopic (exact) mass is 162 g/mol. The Kier molecular flexibility index (Phi) is 3.56. The summed E-state index contributed by atoms with van der Waals surface area (Å²) in [5.74, 6) is 0. The maximum atomic E-state index is 2.37. The van der Waals surface area contributed by atoms with Crippen LogP contribution < -0.4 is 0 Å². The Labute approximate surface area is 87.7 Å². The molecule has 0 aliphatic carbocycles. The van der Waals surface area contributed by atoms with Crippen LogP contribution in [0.15, 0.2) is 0 Å². The predicted molar refractivity (Wildman–Crippen MR) is 57.6 cm³/mol. The standard InChI is InChI=1S/C11H23.Li/c1-9(11(5,6)7)8-10(2,3)4;/h8H2,1-7H3;. The van der Waals surface area contributed by atoms with E-state index in [-0.39, 0.29) is 0 Å². The molecular weight excluding hydrogens is 139 g/mol. The maximum absolute atomic E-state index is 2.37. The van der Waals surface area contributed by atoms with Gasteiger partial charge in [0.25, 0.3) is 0 Å². The van der Waals surface area contributed by atoms with Gasteiger partial charge >= 0.3 is 87.5 Å². The Hall–Kier alpha value is 0.597. The molecule has 0 aliphatic heterocycles. The minimum absolute atomic E-state index is 0.403. The fraction of sp³-hybridized carbons (Fsp3) is 1.00. The Bertz CT molecular complexity index is 143. The Balaban J connectivity index is 4.44. The molecule has 0 N–H and O–H groups in total. The normalized spacial score (nSPS) is 19.1. The van der Waals surface area contributed by atoms with E-state index < -0.39 is 0 Å². The average Bonchev–Trinajstić information content (AvgIpc) is 1.52. The molecule has 0 amide bonds. The van der Waals surface area contributed by atoms with Crippen LogP contribution in [0.2, 0.25) is 4.09 Å². The summed E-state index contributed by atoms with van der Waals surface area (Å²) < 4.78 is 0.422. The van der Waals surface area contributed by atoms with Crippen molar-refractivity contribution >= 4 is 17.7 Å². The van der Waals surface area contributed by atoms with Gasteiger partial charge in [-0.1, -0.05) is 0 Å². The second-order valence-corrected chi connectivity index (χ2v) is 6.87. The summed E-state index contributed by atoms with van der Waals surface area (Å²) in [6.45, 7) is 16.3. The zero-order chi connectivity index (χ0) is 10.2. The molecule has 12 heavy (non-hydrogen) atoms. The zero-order valence-electron chi connectivity index (χ0n) is 10.2. The Morgan fingerprint density at radius 1 is 0.833 bits per heavy atom. The van der Waals surface area contributed by atoms with E-state index in [0.717, 1.165) is 0 Å². The van der Waals surface area contributed by atoms with Crippen molar-refractivity contribution in [1.29, 1.82) is 0 Å².